The van der Waals surface area contributed by atoms with Gasteiger partial charge in [0.05, 0.1) is 12.1 Å². The molecule has 0 aromatic carbocycles. The third-order valence-electron chi connectivity index (χ3n) is 2.70. The number of fused-ring (bicyclic) bond motifs is 1. The number of allylic oxidation sites excluding steroid dienone is 1. The van der Waals surface area contributed by atoms with E-state index in [2.05, 4.69) is 29.2 Å². The molecule has 2 aromatic rings. The Bertz CT molecular complexity index is 576. The molecule has 0 aliphatic carbocycles. The Balaban J connectivity index is 2.22. The Morgan fingerprint density at radius 2 is 2.33 bits per heavy atom. The zero-order chi connectivity index (χ0) is 10.3. The first-order valence-electron chi connectivity index (χ1n) is 4.99. The zero-order valence-electron chi connectivity index (χ0n) is 8.51. The molecule has 1 aliphatic rings. The topological polar surface area (TPSA) is 29.7 Å². The van der Waals surface area contributed by atoms with Crippen LogP contribution in [0.2, 0.25) is 0 Å². The maximum atomic E-state index is 4.28. The number of aromatic nitrogens is 2. The summed E-state index contributed by atoms with van der Waals surface area (Å²) in [5.74, 6) is 0. The molecule has 3 heterocycles. The average Bonchev–Trinajstić information content (AvgIpc) is 2.86. The summed E-state index contributed by atoms with van der Waals surface area (Å²) in [6.07, 6.45) is 7.92. The van der Waals surface area contributed by atoms with E-state index in [9.17, 15) is 0 Å². The molecule has 0 spiro atoms. The van der Waals surface area contributed by atoms with E-state index in [0.717, 1.165) is 12.1 Å². The van der Waals surface area contributed by atoms with Crippen LogP contribution in [0, 0.1) is 6.92 Å². The smallest absolute Gasteiger partial charge is 0.0682 e. The van der Waals surface area contributed by atoms with Crippen molar-refractivity contribution in [3.05, 3.63) is 41.7 Å². The standard InChI is InChI=1S/C12H11N3/c1-9-2-5-14-15-8-11(6-12(9)15)10-3-4-13-7-10/h2-3,5-8H,4H2,1H3. The van der Waals surface area contributed by atoms with Gasteiger partial charge in [0.25, 0.3) is 0 Å². The Labute approximate surface area is 87.8 Å². The second kappa shape index (κ2) is 3.05. The third-order valence-corrected chi connectivity index (χ3v) is 2.70. The summed E-state index contributed by atoms with van der Waals surface area (Å²) in [5, 5.41) is 4.28. The maximum Gasteiger partial charge on any atom is 0.0682 e. The molecule has 0 saturated carbocycles. The fraction of sp³-hybridized carbons (Fsp3) is 0.167. The van der Waals surface area contributed by atoms with Crippen molar-refractivity contribution in [3.63, 3.8) is 0 Å². The first-order chi connectivity index (χ1) is 7.34. The van der Waals surface area contributed by atoms with Crippen LogP contribution in [0.15, 0.2) is 35.6 Å². The quantitative estimate of drug-likeness (QED) is 0.688. The molecule has 0 bridgehead atoms. The van der Waals surface area contributed by atoms with E-state index in [0.29, 0.717) is 0 Å². The predicted octanol–water partition coefficient (Wildman–Crippen LogP) is 2.11. The van der Waals surface area contributed by atoms with E-state index in [1.807, 2.05) is 29.2 Å². The van der Waals surface area contributed by atoms with Crippen LogP contribution in [0.25, 0.3) is 11.1 Å². The van der Waals surface area contributed by atoms with Gasteiger partial charge in [0.1, 0.15) is 0 Å². The van der Waals surface area contributed by atoms with Crippen molar-refractivity contribution in [2.24, 2.45) is 4.99 Å². The minimum Gasteiger partial charge on any atom is -0.288 e. The molecule has 1 aliphatic heterocycles. The number of hydrogen-bond acceptors (Lipinski definition) is 2. The molecule has 2 aromatic heterocycles. The minimum atomic E-state index is 0.800. The normalized spacial score (nSPS) is 14.9. The highest BCUT2D eigenvalue weighted by Gasteiger charge is 2.07. The average molecular weight is 197 g/mol. The summed E-state index contributed by atoms with van der Waals surface area (Å²) >= 11 is 0. The van der Waals surface area contributed by atoms with Gasteiger partial charge in [0, 0.05) is 24.2 Å². The van der Waals surface area contributed by atoms with E-state index in [1.165, 1.54) is 16.7 Å². The molecule has 3 rings (SSSR count). The molecular formula is C12H11N3. The van der Waals surface area contributed by atoms with Gasteiger partial charge in [-0.3, -0.25) is 4.99 Å². The fourth-order valence-corrected chi connectivity index (χ4v) is 1.85. The molecule has 0 fully saturated rings. The van der Waals surface area contributed by atoms with Crippen LogP contribution in [-0.2, 0) is 0 Å². The van der Waals surface area contributed by atoms with Crippen LogP contribution in [0.5, 0.6) is 0 Å². The molecule has 3 nitrogen and oxygen atoms in total. The minimum absolute atomic E-state index is 0.800. The number of nitrogens with zero attached hydrogens (tertiary/aromatic N) is 3. The van der Waals surface area contributed by atoms with E-state index in [1.54, 1.807) is 0 Å². The second-order valence-electron chi connectivity index (χ2n) is 3.73. The summed E-state index contributed by atoms with van der Waals surface area (Å²) in [4.78, 5) is 4.19. The summed E-state index contributed by atoms with van der Waals surface area (Å²) in [6.45, 7) is 2.89. The van der Waals surface area contributed by atoms with Crippen LogP contribution in [0.3, 0.4) is 0 Å². The van der Waals surface area contributed by atoms with Gasteiger partial charge in [-0.05, 0) is 30.2 Å². The van der Waals surface area contributed by atoms with E-state index in [4.69, 9.17) is 0 Å². The zero-order valence-corrected chi connectivity index (χ0v) is 8.51. The second-order valence-corrected chi connectivity index (χ2v) is 3.73. The molecule has 74 valence electrons. The number of aryl methyl sites for hydroxylation is 1. The van der Waals surface area contributed by atoms with Gasteiger partial charge in [-0.25, -0.2) is 4.52 Å². The lowest BCUT2D eigenvalue weighted by Gasteiger charge is -1.94. The summed E-state index contributed by atoms with van der Waals surface area (Å²) in [7, 11) is 0. The van der Waals surface area contributed by atoms with Crippen LogP contribution >= 0.6 is 0 Å². The van der Waals surface area contributed by atoms with Crippen LogP contribution in [-0.4, -0.2) is 22.4 Å². The lowest BCUT2D eigenvalue weighted by atomic mass is 10.1. The Morgan fingerprint density at radius 3 is 3.07 bits per heavy atom. The summed E-state index contributed by atoms with van der Waals surface area (Å²) in [6, 6.07) is 4.18. The van der Waals surface area contributed by atoms with Crippen LogP contribution < -0.4 is 0 Å². The van der Waals surface area contributed by atoms with Gasteiger partial charge in [-0.2, -0.15) is 5.10 Å². The lowest BCUT2D eigenvalue weighted by molar-refractivity contribution is 0.933. The molecular weight excluding hydrogens is 186 g/mol. The third kappa shape index (κ3) is 1.28. The van der Waals surface area contributed by atoms with Crippen LogP contribution in [0.4, 0.5) is 0 Å². The predicted molar refractivity (Wildman–Crippen MR) is 61.3 cm³/mol. The van der Waals surface area contributed by atoms with E-state index < -0.39 is 0 Å². The lowest BCUT2D eigenvalue weighted by Crippen LogP contribution is -1.89. The monoisotopic (exact) mass is 197 g/mol. The Morgan fingerprint density at radius 1 is 1.40 bits per heavy atom. The van der Waals surface area contributed by atoms with E-state index >= 15 is 0 Å². The highest BCUT2D eigenvalue weighted by atomic mass is 15.2. The number of rotatable bonds is 1. The van der Waals surface area contributed by atoms with Crippen molar-refractivity contribution >= 4 is 17.3 Å². The largest absolute Gasteiger partial charge is 0.288 e. The first-order valence-corrected chi connectivity index (χ1v) is 4.99. The van der Waals surface area contributed by atoms with Crippen molar-refractivity contribution in [3.8, 4) is 0 Å². The van der Waals surface area contributed by atoms with Crippen molar-refractivity contribution < 1.29 is 0 Å². The molecule has 0 saturated heterocycles. The molecule has 3 heteroatoms. The number of hydrogen-bond donors (Lipinski definition) is 0. The Kier molecular flexibility index (Phi) is 1.71. The van der Waals surface area contributed by atoms with Crippen molar-refractivity contribution in [1.82, 2.24) is 9.61 Å². The number of aliphatic imine (C=N–C) groups is 1. The molecule has 0 unspecified atom stereocenters. The summed E-state index contributed by atoms with van der Waals surface area (Å²) in [5.41, 5.74) is 4.79. The van der Waals surface area contributed by atoms with Gasteiger partial charge < -0.3 is 0 Å². The van der Waals surface area contributed by atoms with Gasteiger partial charge in [-0.1, -0.05) is 6.08 Å². The van der Waals surface area contributed by atoms with Gasteiger partial charge >= 0.3 is 0 Å². The fourth-order valence-electron chi connectivity index (χ4n) is 1.85. The Hall–Kier alpha value is -1.90. The van der Waals surface area contributed by atoms with Crippen molar-refractivity contribution in [1.29, 1.82) is 0 Å². The van der Waals surface area contributed by atoms with Crippen molar-refractivity contribution in [2.45, 2.75) is 6.92 Å². The van der Waals surface area contributed by atoms with Crippen molar-refractivity contribution in [2.75, 3.05) is 6.54 Å². The van der Waals surface area contributed by atoms with Gasteiger partial charge in [0.15, 0.2) is 0 Å². The highest BCUT2D eigenvalue weighted by Crippen LogP contribution is 2.20. The van der Waals surface area contributed by atoms with Crippen LogP contribution in [0.1, 0.15) is 11.1 Å². The van der Waals surface area contributed by atoms with Gasteiger partial charge in [-0.15, -0.1) is 0 Å². The molecule has 15 heavy (non-hydrogen) atoms. The van der Waals surface area contributed by atoms with Gasteiger partial charge in [0.2, 0.25) is 0 Å². The molecule has 0 atom stereocenters. The first kappa shape index (κ1) is 8.41. The molecule has 0 N–H and O–H groups in total. The molecule has 0 amide bonds. The SMILES string of the molecule is Cc1ccnn2cc(C3=CCN=C3)cc12. The maximum absolute atomic E-state index is 4.28. The highest BCUT2D eigenvalue weighted by molar-refractivity contribution is 6.11. The van der Waals surface area contributed by atoms with E-state index in [-0.39, 0.29) is 0 Å². The summed E-state index contributed by atoms with van der Waals surface area (Å²) < 4.78 is 1.91. The molecule has 0 radical (unpaired) electrons.